The Morgan fingerprint density at radius 3 is 2.73 bits per heavy atom. The standard InChI is InChI=1S/C22H22N4O4/c1-14(16-7-6-15-4-2-3-5-17(15)10-16)24-21(27)12-25-13-23-20-9-8-18(26(29)30)11-19(20)22(25)28/h6-11,13-14H,2-5,12H2,1H3,(H,24,27). The van der Waals surface area contributed by atoms with E-state index in [9.17, 15) is 19.7 Å². The zero-order valence-corrected chi connectivity index (χ0v) is 16.6. The van der Waals surface area contributed by atoms with Crippen LogP contribution in [0.25, 0.3) is 10.9 Å². The highest BCUT2D eigenvalue weighted by Crippen LogP contribution is 2.24. The van der Waals surface area contributed by atoms with Crippen molar-refractivity contribution in [3.8, 4) is 0 Å². The molecule has 0 radical (unpaired) electrons. The molecule has 8 heteroatoms. The highest BCUT2D eigenvalue weighted by molar-refractivity contribution is 5.81. The molecule has 0 saturated carbocycles. The molecule has 0 aliphatic heterocycles. The molecule has 2 aromatic carbocycles. The van der Waals surface area contributed by atoms with Crippen molar-refractivity contribution in [1.82, 2.24) is 14.9 Å². The lowest BCUT2D eigenvalue weighted by atomic mass is 9.89. The monoisotopic (exact) mass is 406 g/mol. The Hall–Kier alpha value is -3.55. The maximum absolute atomic E-state index is 12.7. The Balaban J connectivity index is 1.51. The Morgan fingerprint density at radius 2 is 1.97 bits per heavy atom. The highest BCUT2D eigenvalue weighted by Gasteiger charge is 2.16. The normalized spacial score (nSPS) is 14.2. The zero-order chi connectivity index (χ0) is 21.3. The number of hydrogen-bond acceptors (Lipinski definition) is 5. The van der Waals surface area contributed by atoms with Gasteiger partial charge in [0.1, 0.15) is 6.54 Å². The predicted molar refractivity (Wildman–Crippen MR) is 112 cm³/mol. The van der Waals surface area contributed by atoms with Crippen molar-refractivity contribution in [3.63, 3.8) is 0 Å². The number of aromatic nitrogens is 2. The lowest BCUT2D eigenvalue weighted by Crippen LogP contribution is -2.34. The van der Waals surface area contributed by atoms with Gasteiger partial charge in [-0.1, -0.05) is 18.2 Å². The van der Waals surface area contributed by atoms with Gasteiger partial charge in [0, 0.05) is 12.1 Å². The van der Waals surface area contributed by atoms with Gasteiger partial charge < -0.3 is 5.32 Å². The lowest BCUT2D eigenvalue weighted by molar-refractivity contribution is -0.384. The first kappa shape index (κ1) is 19.8. The summed E-state index contributed by atoms with van der Waals surface area (Å²) in [6.07, 6.45) is 5.86. The average Bonchev–Trinajstić information content (AvgIpc) is 2.75. The van der Waals surface area contributed by atoms with Gasteiger partial charge in [-0.2, -0.15) is 0 Å². The topological polar surface area (TPSA) is 107 Å². The third-order valence-corrected chi connectivity index (χ3v) is 5.58. The van der Waals surface area contributed by atoms with Crippen LogP contribution in [0.4, 0.5) is 5.69 Å². The maximum atomic E-state index is 12.7. The highest BCUT2D eigenvalue weighted by atomic mass is 16.6. The fraction of sp³-hybridized carbons (Fsp3) is 0.318. The summed E-state index contributed by atoms with van der Waals surface area (Å²) >= 11 is 0. The van der Waals surface area contributed by atoms with Crippen LogP contribution >= 0.6 is 0 Å². The third kappa shape index (κ3) is 3.94. The van der Waals surface area contributed by atoms with Gasteiger partial charge in [0.25, 0.3) is 11.2 Å². The summed E-state index contributed by atoms with van der Waals surface area (Å²) in [5.74, 6) is -0.325. The number of hydrogen-bond donors (Lipinski definition) is 1. The number of nitrogens with zero attached hydrogens (tertiary/aromatic N) is 3. The van der Waals surface area contributed by atoms with E-state index in [2.05, 4.69) is 22.4 Å². The van der Waals surface area contributed by atoms with Crippen LogP contribution in [-0.2, 0) is 24.2 Å². The minimum Gasteiger partial charge on any atom is -0.348 e. The van der Waals surface area contributed by atoms with Gasteiger partial charge in [-0.05, 0) is 55.4 Å². The second-order valence-electron chi connectivity index (χ2n) is 7.66. The smallest absolute Gasteiger partial charge is 0.270 e. The summed E-state index contributed by atoms with van der Waals surface area (Å²) < 4.78 is 1.17. The summed E-state index contributed by atoms with van der Waals surface area (Å²) in [4.78, 5) is 39.8. The number of rotatable bonds is 5. The molecule has 1 unspecified atom stereocenters. The second kappa shape index (κ2) is 8.06. The van der Waals surface area contributed by atoms with E-state index in [-0.39, 0.29) is 29.6 Å². The van der Waals surface area contributed by atoms with Crippen LogP contribution in [0.3, 0.4) is 0 Å². The largest absolute Gasteiger partial charge is 0.348 e. The molecule has 1 aliphatic rings. The first-order valence-electron chi connectivity index (χ1n) is 9.97. The van der Waals surface area contributed by atoms with Crippen LogP contribution in [0, 0.1) is 10.1 Å². The van der Waals surface area contributed by atoms with E-state index < -0.39 is 10.5 Å². The van der Waals surface area contributed by atoms with Gasteiger partial charge >= 0.3 is 0 Å². The molecule has 0 bridgehead atoms. The molecule has 1 aliphatic carbocycles. The minimum atomic E-state index is -0.566. The molecule has 4 rings (SSSR count). The molecule has 1 heterocycles. The van der Waals surface area contributed by atoms with E-state index in [0.29, 0.717) is 5.52 Å². The summed E-state index contributed by atoms with van der Waals surface area (Å²) in [5, 5.41) is 14.0. The van der Waals surface area contributed by atoms with E-state index in [0.717, 1.165) is 18.4 Å². The minimum absolute atomic E-state index is 0.113. The van der Waals surface area contributed by atoms with Gasteiger partial charge in [-0.25, -0.2) is 4.98 Å². The van der Waals surface area contributed by atoms with Crippen molar-refractivity contribution in [3.05, 3.63) is 79.9 Å². The Labute approximate surface area is 172 Å². The zero-order valence-electron chi connectivity index (χ0n) is 16.6. The van der Waals surface area contributed by atoms with E-state index in [4.69, 9.17) is 0 Å². The van der Waals surface area contributed by atoms with Crippen molar-refractivity contribution in [1.29, 1.82) is 0 Å². The molecule has 1 aromatic heterocycles. The van der Waals surface area contributed by atoms with Crippen LogP contribution in [0.1, 0.15) is 42.5 Å². The number of fused-ring (bicyclic) bond motifs is 2. The van der Waals surface area contributed by atoms with E-state index in [1.165, 1.54) is 53.1 Å². The fourth-order valence-corrected chi connectivity index (χ4v) is 3.92. The van der Waals surface area contributed by atoms with E-state index in [1.54, 1.807) is 0 Å². The number of nitro groups is 1. The maximum Gasteiger partial charge on any atom is 0.270 e. The van der Waals surface area contributed by atoms with Gasteiger partial charge in [0.2, 0.25) is 5.91 Å². The molecule has 154 valence electrons. The van der Waals surface area contributed by atoms with Crippen LogP contribution in [0.2, 0.25) is 0 Å². The molecule has 0 fully saturated rings. The molecule has 3 aromatic rings. The van der Waals surface area contributed by atoms with Gasteiger partial charge in [0.05, 0.1) is 28.2 Å². The Bertz CT molecular complexity index is 1200. The Morgan fingerprint density at radius 1 is 1.20 bits per heavy atom. The molecule has 8 nitrogen and oxygen atoms in total. The molecular weight excluding hydrogens is 384 g/mol. The number of nitrogens with one attached hydrogen (secondary N) is 1. The van der Waals surface area contributed by atoms with E-state index in [1.807, 2.05) is 13.0 Å². The molecule has 30 heavy (non-hydrogen) atoms. The van der Waals surface area contributed by atoms with Crippen molar-refractivity contribution < 1.29 is 9.72 Å². The van der Waals surface area contributed by atoms with Gasteiger partial charge in [-0.15, -0.1) is 0 Å². The molecular formula is C22H22N4O4. The van der Waals surface area contributed by atoms with Crippen molar-refractivity contribution in [2.75, 3.05) is 0 Å². The van der Waals surface area contributed by atoms with Crippen LogP contribution < -0.4 is 10.9 Å². The van der Waals surface area contributed by atoms with E-state index >= 15 is 0 Å². The number of aryl methyl sites for hydroxylation is 2. The molecule has 1 N–H and O–H groups in total. The number of benzene rings is 2. The van der Waals surface area contributed by atoms with Crippen LogP contribution in [-0.4, -0.2) is 20.4 Å². The van der Waals surface area contributed by atoms with Crippen molar-refractivity contribution in [2.45, 2.75) is 45.2 Å². The summed E-state index contributed by atoms with van der Waals surface area (Å²) in [7, 11) is 0. The molecule has 1 atom stereocenters. The SMILES string of the molecule is CC(NC(=O)Cn1cnc2ccc([N+](=O)[O-])cc2c1=O)c1ccc2c(c1)CCCC2. The summed E-state index contributed by atoms with van der Waals surface area (Å²) in [6.45, 7) is 1.70. The van der Waals surface area contributed by atoms with Crippen LogP contribution in [0.15, 0.2) is 47.5 Å². The predicted octanol–water partition coefficient (Wildman–Crippen LogP) is 3.06. The number of carbonyl (C=O) groups excluding carboxylic acids is 1. The quantitative estimate of drug-likeness (QED) is 0.518. The number of non-ortho nitro benzene ring substituents is 1. The van der Waals surface area contributed by atoms with Gasteiger partial charge in [0.15, 0.2) is 0 Å². The van der Waals surface area contributed by atoms with Crippen molar-refractivity contribution >= 4 is 22.5 Å². The molecule has 1 amide bonds. The second-order valence-corrected chi connectivity index (χ2v) is 7.66. The number of nitro benzene ring substituents is 1. The lowest BCUT2D eigenvalue weighted by Gasteiger charge is -2.20. The Kier molecular flexibility index (Phi) is 5.31. The average molecular weight is 406 g/mol. The summed E-state index contributed by atoms with van der Waals surface area (Å²) in [6, 6.07) is 10.0. The number of amides is 1. The molecule has 0 spiro atoms. The fourth-order valence-electron chi connectivity index (χ4n) is 3.92. The number of carbonyl (C=O) groups is 1. The van der Waals surface area contributed by atoms with Gasteiger partial charge in [-0.3, -0.25) is 24.3 Å². The molecule has 0 saturated heterocycles. The van der Waals surface area contributed by atoms with Crippen LogP contribution in [0.5, 0.6) is 0 Å². The first-order valence-corrected chi connectivity index (χ1v) is 9.97. The third-order valence-electron chi connectivity index (χ3n) is 5.58. The van der Waals surface area contributed by atoms with Crippen molar-refractivity contribution in [2.24, 2.45) is 0 Å². The summed E-state index contributed by atoms with van der Waals surface area (Å²) in [5.41, 5.74) is 3.43. The first-order chi connectivity index (χ1) is 14.4.